The molecule has 0 saturated carbocycles. The van der Waals surface area contributed by atoms with Gasteiger partial charge in [0.2, 0.25) is 0 Å². The lowest BCUT2D eigenvalue weighted by molar-refractivity contribution is 0.264. The number of hydrogen-bond acceptors (Lipinski definition) is 1. The minimum Gasteiger partial charge on any atom is -0.301 e. The Morgan fingerprint density at radius 3 is 2.44 bits per heavy atom. The molecule has 0 aromatic heterocycles. The maximum atomic E-state index is 2.63. The van der Waals surface area contributed by atoms with E-state index in [1.165, 1.54) is 38.8 Å². The van der Waals surface area contributed by atoms with E-state index < -0.39 is 0 Å². The molecule has 2 aliphatic rings. The van der Waals surface area contributed by atoms with Crippen LogP contribution in [0, 0.1) is 11.8 Å². The molecule has 0 amide bonds. The van der Waals surface area contributed by atoms with Crippen LogP contribution in [0.2, 0.25) is 0 Å². The zero-order chi connectivity index (χ0) is 13.1. The van der Waals surface area contributed by atoms with Gasteiger partial charge in [0.1, 0.15) is 0 Å². The van der Waals surface area contributed by atoms with Crippen LogP contribution in [0.25, 0.3) is 0 Å². The van der Waals surface area contributed by atoms with Gasteiger partial charge in [0.05, 0.1) is 0 Å². The normalized spacial score (nSPS) is 25.8. The molecule has 0 aromatic carbocycles. The molecule has 18 heavy (non-hydrogen) atoms. The van der Waals surface area contributed by atoms with E-state index in [1.54, 1.807) is 11.1 Å². The Bertz CT molecular complexity index is 336. The molecule has 0 bridgehead atoms. The molecule has 1 heteroatoms. The molecule has 1 nitrogen and oxygen atoms in total. The van der Waals surface area contributed by atoms with E-state index in [4.69, 9.17) is 0 Å². The van der Waals surface area contributed by atoms with Crippen LogP contribution in [-0.4, -0.2) is 24.0 Å². The van der Waals surface area contributed by atoms with Crippen molar-refractivity contribution in [3.05, 3.63) is 23.3 Å². The van der Waals surface area contributed by atoms with Crippen molar-refractivity contribution in [2.45, 2.75) is 59.4 Å². The largest absolute Gasteiger partial charge is 0.301 e. The molecule has 0 aromatic rings. The molecule has 1 heterocycles. The van der Waals surface area contributed by atoms with Gasteiger partial charge in [-0.2, -0.15) is 0 Å². The average Bonchev–Trinajstić information content (AvgIpc) is 2.78. The van der Waals surface area contributed by atoms with E-state index >= 15 is 0 Å². The fourth-order valence-corrected chi connectivity index (χ4v) is 3.22. The van der Waals surface area contributed by atoms with Crippen molar-refractivity contribution in [2.24, 2.45) is 11.8 Å². The van der Waals surface area contributed by atoms with Crippen LogP contribution < -0.4 is 0 Å². The molecule has 2 rings (SSSR count). The summed E-state index contributed by atoms with van der Waals surface area (Å²) in [6, 6.07) is 0.725. The molecule has 1 unspecified atom stereocenters. The molecular weight excluding hydrogens is 218 g/mol. The number of hydrogen-bond donors (Lipinski definition) is 0. The maximum Gasteiger partial charge on any atom is 0.00387 e. The highest BCUT2D eigenvalue weighted by Gasteiger charge is 2.25. The molecule has 0 radical (unpaired) electrons. The summed E-state index contributed by atoms with van der Waals surface area (Å²) >= 11 is 0. The van der Waals surface area contributed by atoms with Crippen molar-refractivity contribution < 1.29 is 0 Å². The highest BCUT2D eigenvalue weighted by atomic mass is 15.2. The average molecular weight is 247 g/mol. The van der Waals surface area contributed by atoms with Gasteiger partial charge in [0.15, 0.2) is 0 Å². The van der Waals surface area contributed by atoms with Crippen LogP contribution in [0.3, 0.4) is 0 Å². The van der Waals surface area contributed by atoms with Crippen molar-refractivity contribution in [1.29, 1.82) is 0 Å². The van der Waals surface area contributed by atoms with E-state index in [1.807, 2.05) is 0 Å². The molecular formula is C17H29N. The molecule has 1 aliphatic heterocycles. The zero-order valence-corrected chi connectivity index (χ0v) is 12.6. The van der Waals surface area contributed by atoms with Crippen LogP contribution in [0.5, 0.6) is 0 Å². The van der Waals surface area contributed by atoms with Crippen molar-refractivity contribution in [3.8, 4) is 0 Å². The minimum atomic E-state index is 0.725. The standard InChI is InChI=1S/C17H29N/c1-13(2)17-7-5-15(6-8-17)11-16-9-10-18(12-16)14(3)4/h5,7,13-14,16H,6,8-12H2,1-4H3. The Morgan fingerprint density at radius 1 is 1.17 bits per heavy atom. The Labute approximate surface area is 113 Å². The number of likely N-dealkylation sites (tertiary alicyclic amines) is 1. The third-order valence-electron chi connectivity index (χ3n) is 4.61. The van der Waals surface area contributed by atoms with Crippen LogP contribution in [0.4, 0.5) is 0 Å². The molecule has 1 fully saturated rings. The number of rotatable bonds is 4. The Morgan fingerprint density at radius 2 is 1.94 bits per heavy atom. The summed E-state index contributed by atoms with van der Waals surface area (Å²) in [6.07, 6.45) is 10.1. The lowest BCUT2D eigenvalue weighted by Crippen LogP contribution is -2.28. The van der Waals surface area contributed by atoms with Crippen LogP contribution in [0.1, 0.15) is 53.4 Å². The summed E-state index contributed by atoms with van der Waals surface area (Å²) in [7, 11) is 0. The molecule has 1 saturated heterocycles. The van der Waals surface area contributed by atoms with Crippen LogP contribution in [0.15, 0.2) is 23.3 Å². The minimum absolute atomic E-state index is 0.725. The molecule has 0 spiro atoms. The Balaban J connectivity index is 1.85. The highest BCUT2D eigenvalue weighted by Crippen LogP contribution is 2.31. The first-order valence-electron chi connectivity index (χ1n) is 7.68. The molecule has 1 atom stereocenters. The number of nitrogens with zero attached hydrogens (tertiary/aromatic N) is 1. The summed E-state index contributed by atoms with van der Waals surface area (Å²) < 4.78 is 0. The first-order valence-corrected chi connectivity index (χ1v) is 7.68. The smallest absolute Gasteiger partial charge is 0.00387 e. The third-order valence-corrected chi connectivity index (χ3v) is 4.61. The summed E-state index contributed by atoms with van der Waals surface area (Å²) in [5.74, 6) is 1.64. The van der Waals surface area contributed by atoms with Crippen molar-refractivity contribution in [1.82, 2.24) is 4.90 Å². The maximum absolute atomic E-state index is 2.63. The van der Waals surface area contributed by atoms with Crippen molar-refractivity contribution >= 4 is 0 Å². The summed E-state index contributed by atoms with van der Waals surface area (Å²) in [5.41, 5.74) is 3.32. The summed E-state index contributed by atoms with van der Waals surface area (Å²) in [6.45, 7) is 11.9. The second kappa shape index (κ2) is 6.06. The topological polar surface area (TPSA) is 3.24 Å². The molecule has 102 valence electrons. The van der Waals surface area contributed by atoms with Gasteiger partial charge in [-0.25, -0.2) is 0 Å². The fourth-order valence-electron chi connectivity index (χ4n) is 3.22. The lowest BCUT2D eigenvalue weighted by Gasteiger charge is -2.22. The van der Waals surface area contributed by atoms with E-state index in [9.17, 15) is 0 Å². The van der Waals surface area contributed by atoms with Crippen LogP contribution in [-0.2, 0) is 0 Å². The van der Waals surface area contributed by atoms with E-state index in [2.05, 4.69) is 44.7 Å². The Hall–Kier alpha value is -0.560. The zero-order valence-electron chi connectivity index (χ0n) is 12.6. The van der Waals surface area contributed by atoms with Crippen molar-refractivity contribution in [2.75, 3.05) is 13.1 Å². The molecule has 1 aliphatic carbocycles. The predicted octanol–water partition coefficient (Wildman–Crippen LogP) is 4.41. The van der Waals surface area contributed by atoms with Gasteiger partial charge in [-0.15, -0.1) is 0 Å². The second-order valence-electron chi connectivity index (χ2n) is 6.67. The lowest BCUT2D eigenvalue weighted by atomic mass is 9.87. The van der Waals surface area contributed by atoms with Gasteiger partial charge >= 0.3 is 0 Å². The number of allylic oxidation sites excluding steroid dienone is 4. The fraction of sp³-hybridized carbons (Fsp3) is 0.765. The molecule has 0 N–H and O–H groups in total. The predicted molar refractivity (Wildman–Crippen MR) is 79.7 cm³/mol. The summed E-state index contributed by atoms with van der Waals surface area (Å²) in [4.78, 5) is 2.63. The third kappa shape index (κ3) is 3.47. The van der Waals surface area contributed by atoms with E-state index in [0.29, 0.717) is 0 Å². The highest BCUT2D eigenvalue weighted by molar-refractivity contribution is 5.25. The van der Waals surface area contributed by atoms with Gasteiger partial charge in [0, 0.05) is 12.6 Å². The monoisotopic (exact) mass is 247 g/mol. The SMILES string of the molecule is CC(C)C1=CC=C(CC2CCN(C(C)C)C2)CC1. The quantitative estimate of drug-likeness (QED) is 0.711. The van der Waals surface area contributed by atoms with Crippen LogP contribution >= 0.6 is 0 Å². The van der Waals surface area contributed by atoms with Gasteiger partial charge < -0.3 is 4.90 Å². The van der Waals surface area contributed by atoms with E-state index in [-0.39, 0.29) is 0 Å². The van der Waals surface area contributed by atoms with Crippen molar-refractivity contribution in [3.63, 3.8) is 0 Å². The Kier molecular flexibility index (Phi) is 4.66. The van der Waals surface area contributed by atoms with Gasteiger partial charge in [-0.3, -0.25) is 0 Å². The second-order valence-corrected chi connectivity index (χ2v) is 6.67. The van der Waals surface area contributed by atoms with Gasteiger partial charge in [0.25, 0.3) is 0 Å². The first kappa shape index (κ1) is 13.9. The summed E-state index contributed by atoms with van der Waals surface area (Å²) in [5, 5.41) is 0. The first-order chi connectivity index (χ1) is 8.56. The van der Waals surface area contributed by atoms with E-state index in [0.717, 1.165) is 17.9 Å². The van der Waals surface area contributed by atoms with Gasteiger partial charge in [-0.1, -0.05) is 37.1 Å². The van der Waals surface area contributed by atoms with Gasteiger partial charge in [-0.05, 0) is 57.9 Å².